The second kappa shape index (κ2) is 5.89. The zero-order valence-electron chi connectivity index (χ0n) is 10.4. The van der Waals surface area contributed by atoms with Crippen LogP contribution in [0.2, 0.25) is 0 Å². The Bertz CT molecular complexity index is 415. The Labute approximate surface area is 104 Å². The quantitative estimate of drug-likeness (QED) is 0.814. The Morgan fingerprint density at radius 1 is 1.28 bits per heavy atom. The molecule has 0 spiro atoms. The minimum absolute atomic E-state index is 0.0105. The number of likely N-dealkylation sites (N-methyl/N-ethyl adjacent to an activating group) is 1. The van der Waals surface area contributed by atoms with Crippen molar-refractivity contribution in [2.24, 2.45) is 0 Å². The number of alkyl halides is 3. The second-order valence-corrected chi connectivity index (χ2v) is 4.13. The van der Waals surface area contributed by atoms with Gasteiger partial charge in [-0.05, 0) is 25.0 Å². The minimum atomic E-state index is -4.35. The van der Waals surface area contributed by atoms with Crippen LogP contribution in [-0.4, -0.2) is 30.1 Å². The number of benzene rings is 1. The van der Waals surface area contributed by atoms with E-state index in [4.69, 9.17) is 0 Å². The highest BCUT2D eigenvalue weighted by atomic mass is 19.4. The molecule has 0 bridgehead atoms. The van der Waals surface area contributed by atoms with Crippen molar-refractivity contribution in [3.8, 4) is 0 Å². The van der Waals surface area contributed by atoms with Crippen molar-refractivity contribution in [2.75, 3.05) is 13.1 Å². The lowest BCUT2D eigenvalue weighted by atomic mass is 10.1. The Morgan fingerprint density at radius 2 is 1.89 bits per heavy atom. The van der Waals surface area contributed by atoms with Gasteiger partial charge in [-0.3, -0.25) is 4.79 Å². The van der Waals surface area contributed by atoms with E-state index in [0.29, 0.717) is 0 Å². The highest BCUT2D eigenvalue weighted by molar-refractivity contribution is 5.79. The van der Waals surface area contributed by atoms with E-state index in [0.717, 1.165) is 16.0 Å². The van der Waals surface area contributed by atoms with Crippen LogP contribution < -0.4 is 0 Å². The van der Waals surface area contributed by atoms with E-state index >= 15 is 0 Å². The third-order valence-electron chi connectivity index (χ3n) is 2.71. The van der Waals surface area contributed by atoms with Crippen molar-refractivity contribution >= 4 is 5.91 Å². The van der Waals surface area contributed by atoms with Crippen LogP contribution in [0.25, 0.3) is 0 Å². The third-order valence-corrected chi connectivity index (χ3v) is 2.71. The molecule has 0 saturated heterocycles. The van der Waals surface area contributed by atoms with Crippen molar-refractivity contribution in [3.63, 3.8) is 0 Å². The monoisotopic (exact) mass is 259 g/mol. The number of hydrogen-bond donors (Lipinski definition) is 0. The van der Waals surface area contributed by atoms with Gasteiger partial charge in [0.25, 0.3) is 0 Å². The van der Waals surface area contributed by atoms with Gasteiger partial charge in [0.15, 0.2) is 0 Å². The maximum atomic E-state index is 12.3. The molecule has 1 aromatic rings. The lowest BCUT2D eigenvalue weighted by Crippen LogP contribution is -2.39. The average molecular weight is 259 g/mol. The summed E-state index contributed by atoms with van der Waals surface area (Å²) in [5.74, 6) is -0.496. The Kier molecular flexibility index (Phi) is 4.76. The molecule has 0 radical (unpaired) electrons. The summed E-state index contributed by atoms with van der Waals surface area (Å²) in [5.41, 5.74) is 1.68. The van der Waals surface area contributed by atoms with Crippen molar-refractivity contribution < 1.29 is 18.0 Å². The fraction of sp³-hybridized carbons (Fsp3) is 0.462. The van der Waals surface area contributed by atoms with E-state index in [1.807, 2.05) is 19.1 Å². The van der Waals surface area contributed by atoms with Gasteiger partial charge in [0.2, 0.25) is 5.91 Å². The molecular formula is C13H16F3NO. The molecule has 0 N–H and O–H groups in total. The molecule has 0 atom stereocenters. The van der Waals surface area contributed by atoms with Gasteiger partial charge in [0.1, 0.15) is 6.54 Å². The molecule has 0 unspecified atom stereocenters. The van der Waals surface area contributed by atoms with Gasteiger partial charge in [-0.1, -0.05) is 24.3 Å². The normalized spacial score (nSPS) is 11.4. The summed E-state index contributed by atoms with van der Waals surface area (Å²) in [6.07, 6.45) is -4.34. The molecular weight excluding hydrogens is 243 g/mol. The van der Waals surface area contributed by atoms with Gasteiger partial charge in [-0.15, -0.1) is 0 Å². The summed E-state index contributed by atoms with van der Waals surface area (Å²) in [6, 6.07) is 7.20. The van der Waals surface area contributed by atoms with E-state index in [2.05, 4.69) is 0 Å². The molecule has 0 heterocycles. The summed E-state index contributed by atoms with van der Waals surface area (Å²) >= 11 is 0. The highest BCUT2D eigenvalue weighted by Crippen LogP contribution is 2.17. The summed E-state index contributed by atoms with van der Waals surface area (Å²) in [5, 5.41) is 0. The zero-order chi connectivity index (χ0) is 13.8. The summed E-state index contributed by atoms with van der Waals surface area (Å²) in [6.45, 7) is 2.25. The number of carbonyl (C=O) groups is 1. The van der Waals surface area contributed by atoms with Crippen molar-refractivity contribution in [1.29, 1.82) is 0 Å². The van der Waals surface area contributed by atoms with E-state index in [9.17, 15) is 18.0 Å². The van der Waals surface area contributed by atoms with Crippen molar-refractivity contribution in [1.82, 2.24) is 4.90 Å². The third kappa shape index (κ3) is 4.39. The van der Waals surface area contributed by atoms with E-state index < -0.39 is 18.6 Å². The molecule has 1 amide bonds. The van der Waals surface area contributed by atoms with E-state index in [1.54, 1.807) is 19.1 Å². The fourth-order valence-corrected chi connectivity index (χ4v) is 1.68. The standard InChI is InChI=1S/C13H16F3NO/c1-3-17(9-13(14,15)16)12(18)8-11-7-5-4-6-10(11)2/h4-7H,3,8-9H2,1-2H3. The number of amides is 1. The lowest BCUT2D eigenvalue weighted by molar-refractivity contribution is -0.160. The van der Waals surface area contributed by atoms with Gasteiger partial charge in [-0.25, -0.2) is 0 Å². The maximum Gasteiger partial charge on any atom is 0.406 e. The average Bonchev–Trinajstić information content (AvgIpc) is 2.27. The summed E-state index contributed by atoms with van der Waals surface area (Å²) < 4.78 is 36.8. The Balaban J connectivity index is 2.72. The van der Waals surface area contributed by atoms with Gasteiger partial charge in [-0.2, -0.15) is 13.2 Å². The molecule has 0 aromatic heterocycles. The van der Waals surface area contributed by atoms with Crippen LogP contribution in [0.15, 0.2) is 24.3 Å². The predicted octanol–water partition coefficient (Wildman–Crippen LogP) is 2.95. The predicted molar refractivity (Wildman–Crippen MR) is 63.2 cm³/mol. The van der Waals surface area contributed by atoms with Crippen LogP contribution in [0.3, 0.4) is 0 Å². The first kappa shape index (κ1) is 14.5. The number of rotatable bonds is 4. The van der Waals surface area contributed by atoms with Crippen molar-refractivity contribution in [3.05, 3.63) is 35.4 Å². The number of aryl methyl sites for hydroxylation is 1. The van der Waals surface area contributed by atoms with Crippen LogP contribution in [0.1, 0.15) is 18.1 Å². The molecule has 0 fully saturated rings. The van der Waals surface area contributed by atoms with E-state index in [-0.39, 0.29) is 13.0 Å². The number of hydrogen-bond acceptors (Lipinski definition) is 1. The maximum absolute atomic E-state index is 12.3. The second-order valence-electron chi connectivity index (χ2n) is 4.13. The first-order valence-electron chi connectivity index (χ1n) is 5.72. The number of nitrogens with zero attached hydrogens (tertiary/aromatic N) is 1. The van der Waals surface area contributed by atoms with Crippen LogP contribution in [0.5, 0.6) is 0 Å². The van der Waals surface area contributed by atoms with Crippen LogP contribution in [0, 0.1) is 6.92 Å². The SMILES string of the molecule is CCN(CC(F)(F)F)C(=O)Cc1ccccc1C. The molecule has 1 aromatic carbocycles. The molecule has 100 valence electrons. The molecule has 0 saturated carbocycles. The van der Waals surface area contributed by atoms with Gasteiger partial charge >= 0.3 is 6.18 Å². The highest BCUT2D eigenvalue weighted by Gasteiger charge is 2.32. The van der Waals surface area contributed by atoms with Crippen LogP contribution in [-0.2, 0) is 11.2 Å². The summed E-state index contributed by atoms with van der Waals surface area (Å²) in [7, 11) is 0. The number of carbonyl (C=O) groups excluding carboxylic acids is 1. The fourth-order valence-electron chi connectivity index (χ4n) is 1.68. The molecule has 0 aliphatic carbocycles. The van der Waals surface area contributed by atoms with Crippen molar-refractivity contribution in [2.45, 2.75) is 26.4 Å². The molecule has 5 heteroatoms. The summed E-state index contributed by atoms with van der Waals surface area (Å²) in [4.78, 5) is 12.6. The van der Waals surface area contributed by atoms with Crippen LogP contribution in [0.4, 0.5) is 13.2 Å². The minimum Gasteiger partial charge on any atom is -0.334 e. The molecule has 1 rings (SSSR count). The van der Waals surface area contributed by atoms with Crippen LogP contribution >= 0.6 is 0 Å². The molecule has 2 nitrogen and oxygen atoms in total. The molecule has 18 heavy (non-hydrogen) atoms. The lowest BCUT2D eigenvalue weighted by Gasteiger charge is -2.22. The zero-order valence-corrected chi connectivity index (χ0v) is 10.4. The van der Waals surface area contributed by atoms with Gasteiger partial charge in [0.05, 0.1) is 6.42 Å². The largest absolute Gasteiger partial charge is 0.406 e. The van der Waals surface area contributed by atoms with Gasteiger partial charge < -0.3 is 4.90 Å². The number of halogens is 3. The van der Waals surface area contributed by atoms with E-state index in [1.165, 1.54) is 0 Å². The first-order chi connectivity index (χ1) is 8.33. The smallest absolute Gasteiger partial charge is 0.334 e. The molecule has 0 aliphatic rings. The van der Waals surface area contributed by atoms with Gasteiger partial charge in [0, 0.05) is 6.54 Å². The molecule has 0 aliphatic heterocycles. The Morgan fingerprint density at radius 3 is 2.39 bits per heavy atom. The first-order valence-corrected chi connectivity index (χ1v) is 5.72. The Hall–Kier alpha value is -1.52. The topological polar surface area (TPSA) is 20.3 Å².